The summed E-state index contributed by atoms with van der Waals surface area (Å²) in [5.74, 6) is 0. The van der Waals surface area contributed by atoms with Gasteiger partial charge < -0.3 is 5.73 Å². The molecule has 3 aromatic carbocycles. The second-order valence-corrected chi connectivity index (χ2v) is 6.11. The Balaban J connectivity index is 2.08. The van der Waals surface area contributed by atoms with Crippen molar-refractivity contribution in [3.05, 3.63) is 81.8 Å². The third-order valence-electron chi connectivity index (χ3n) is 3.99. The summed E-state index contributed by atoms with van der Waals surface area (Å²) in [6, 6.07) is 21.1. The lowest BCUT2D eigenvalue weighted by Crippen LogP contribution is -2.12. The van der Waals surface area contributed by atoms with Gasteiger partial charge in [0.2, 0.25) is 0 Å². The van der Waals surface area contributed by atoms with Crippen molar-refractivity contribution in [2.75, 3.05) is 0 Å². The Hall–Kier alpha value is -1.64. The van der Waals surface area contributed by atoms with E-state index in [0.29, 0.717) is 0 Å². The van der Waals surface area contributed by atoms with Gasteiger partial charge in [0.25, 0.3) is 0 Å². The van der Waals surface area contributed by atoms with Crippen LogP contribution in [0.25, 0.3) is 10.8 Å². The van der Waals surface area contributed by atoms with Crippen LogP contribution in [0.2, 0.25) is 0 Å². The van der Waals surface area contributed by atoms with Crippen LogP contribution in [0.5, 0.6) is 0 Å². The van der Waals surface area contributed by atoms with Gasteiger partial charge >= 0.3 is 0 Å². The number of halogens is 1. The first-order valence-electron chi connectivity index (χ1n) is 7.22. The van der Waals surface area contributed by atoms with Crippen molar-refractivity contribution >= 4 is 26.7 Å². The maximum Gasteiger partial charge on any atom is 0.0557 e. The van der Waals surface area contributed by atoms with Crippen molar-refractivity contribution in [2.24, 2.45) is 5.73 Å². The van der Waals surface area contributed by atoms with Crippen molar-refractivity contribution in [2.45, 2.75) is 19.4 Å². The molecule has 3 aromatic rings. The van der Waals surface area contributed by atoms with E-state index >= 15 is 0 Å². The summed E-state index contributed by atoms with van der Waals surface area (Å²) in [7, 11) is 0. The zero-order chi connectivity index (χ0) is 14.8. The highest BCUT2D eigenvalue weighted by atomic mass is 79.9. The van der Waals surface area contributed by atoms with Gasteiger partial charge in [0.1, 0.15) is 0 Å². The summed E-state index contributed by atoms with van der Waals surface area (Å²) in [6.45, 7) is 2.16. The molecule has 0 aliphatic rings. The minimum absolute atomic E-state index is 0.103. The first-order chi connectivity index (χ1) is 10.2. The van der Waals surface area contributed by atoms with E-state index in [4.69, 9.17) is 5.73 Å². The predicted octanol–water partition coefficient (Wildman–Crippen LogP) is 5.21. The Labute approximate surface area is 133 Å². The molecule has 3 rings (SSSR count). The summed E-state index contributed by atoms with van der Waals surface area (Å²) in [5.41, 5.74) is 10.2. The monoisotopic (exact) mass is 339 g/mol. The van der Waals surface area contributed by atoms with Gasteiger partial charge in [-0.25, -0.2) is 0 Å². The molecule has 1 unspecified atom stereocenters. The second kappa shape index (κ2) is 6.00. The summed E-state index contributed by atoms with van der Waals surface area (Å²) < 4.78 is 1.11. The Kier molecular flexibility index (Phi) is 4.09. The van der Waals surface area contributed by atoms with Crippen LogP contribution in [0, 0.1) is 0 Å². The fourth-order valence-electron chi connectivity index (χ4n) is 2.70. The number of nitrogens with two attached hydrogens (primary N) is 1. The number of hydrogen-bond donors (Lipinski definition) is 1. The maximum atomic E-state index is 6.51. The van der Waals surface area contributed by atoms with Gasteiger partial charge in [-0.15, -0.1) is 0 Å². The van der Waals surface area contributed by atoms with E-state index in [1.807, 2.05) is 0 Å². The standard InChI is InChI=1S/C19H18BrN/c1-2-13-7-9-14(10-8-13)19(21)17-11-12-18(20)16-6-4-3-5-15(16)17/h3-12,19H,2,21H2,1H3. The van der Waals surface area contributed by atoms with Gasteiger partial charge in [0.05, 0.1) is 6.04 Å². The molecule has 106 valence electrons. The fraction of sp³-hybridized carbons (Fsp3) is 0.158. The van der Waals surface area contributed by atoms with Gasteiger partial charge in [0, 0.05) is 4.47 Å². The van der Waals surface area contributed by atoms with Crippen molar-refractivity contribution < 1.29 is 0 Å². The molecule has 0 aliphatic carbocycles. The molecule has 0 saturated heterocycles. The highest BCUT2D eigenvalue weighted by Gasteiger charge is 2.13. The second-order valence-electron chi connectivity index (χ2n) is 5.26. The molecule has 0 bridgehead atoms. The molecule has 1 nitrogen and oxygen atoms in total. The van der Waals surface area contributed by atoms with Gasteiger partial charge in [0.15, 0.2) is 0 Å². The van der Waals surface area contributed by atoms with E-state index in [-0.39, 0.29) is 6.04 Å². The van der Waals surface area contributed by atoms with E-state index in [1.54, 1.807) is 0 Å². The van der Waals surface area contributed by atoms with Gasteiger partial charge in [-0.3, -0.25) is 0 Å². The van der Waals surface area contributed by atoms with Crippen molar-refractivity contribution in [3.8, 4) is 0 Å². The van der Waals surface area contributed by atoms with Gasteiger partial charge in [-0.2, -0.15) is 0 Å². The minimum Gasteiger partial charge on any atom is -0.320 e. The van der Waals surface area contributed by atoms with E-state index < -0.39 is 0 Å². The first-order valence-corrected chi connectivity index (χ1v) is 8.01. The summed E-state index contributed by atoms with van der Waals surface area (Å²) >= 11 is 3.61. The van der Waals surface area contributed by atoms with Crippen LogP contribution in [0.3, 0.4) is 0 Å². The molecule has 0 saturated carbocycles. The normalized spacial score (nSPS) is 12.5. The van der Waals surface area contributed by atoms with Gasteiger partial charge in [-0.05, 0) is 39.9 Å². The van der Waals surface area contributed by atoms with E-state index in [1.165, 1.54) is 16.3 Å². The van der Waals surface area contributed by atoms with Crippen LogP contribution in [-0.4, -0.2) is 0 Å². The number of rotatable bonds is 3. The SMILES string of the molecule is CCc1ccc(C(N)c2ccc(Br)c3ccccc23)cc1. The molecular formula is C19H18BrN. The molecule has 0 spiro atoms. The Morgan fingerprint density at radius 3 is 2.24 bits per heavy atom. The zero-order valence-corrected chi connectivity index (χ0v) is 13.6. The average molecular weight is 340 g/mol. The molecule has 0 aliphatic heterocycles. The number of benzene rings is 3. The van der Waals surface area contributed by atoms with E-state index in [0.717, 1.165) is 22.0 Å². The number of hydrogen-bond acceptors (Lipinski definition) is 1. The number of aryl methyl sites for hydroxylation is 1. The largest absolute Gasteiger partial charge is 0.320 e. The smallest absolute Gasteiger partial charge is 0.0557 e. The van der Waals surface area contributed by atoms with Crippen LogP contribution in [0.15, 0.2) is 65.1 Å². The topological polar surface area (TPSA) is 26.0 Å². The third-order valence-corrected chi connectivity index (χ3v) is 4.68. The lowest BCUT2D eigenvalue weighted by molar-refractivity contribution is 0.878. The minimum atomic E-state index is -0.103. The average Bonchev–Trinajstić information content (AvgIpc) is 2.55. The predicted molar refractivity (Wildman–Crippen MR) is 93.5 cm³/mol. The van der Waals surface area contributed by atoms with Crippen LogP contribution in [0.1, 0.15) is 29.7 Å². The Bertz CT molecular complexity index is 762. The number of fused-ring (bicyclic) bond motifs is 1. The van der Waals surface area contributed by atoms with E-state index in [9.17, 15) is 0 Å². The highest BCUT2D eigenvalue weighted by Crippen LogP contribution is 2.31. The molecule has 0 radical (unpaired) electrons. The molecule has 0 heterocycles. The maximum absolute atomic E-state index is 6.51. The van der Waals surface area contributed by atoms with Crippen molar-refractivity contribution in [1.29, 1.82) is 0 Å². The molecule has 0 aromatic heterocycles. The Morgan fingerprint density at radius 1 is 0.905 bits per heavy atom. The molecule has 2 N–H and O–H groups in total. The summed E-state index contributed by atoms with van der Waals surface area (Å²) in [4.78, 5) is 0. The fourth-order valence-corrected chi connectivity index (χ4v) is 3.17. The molecule has 1 atom stereocenters. The lowest BCUT2D eigenvalue weighted by atomic mass is 9.94. The molecule has 2 heteroatoms. The summed E-state index contributed by atoms with van der Waals surface area (Å²) in [5, 5.41) is 2.41. The Morgan fingerprint density at radius 2 is 1.57 bits per heavy atom. The third kappa shape index (κ3) is 2.74. The highest BCUT2D eigenvalue weighted by molar-refractivity contribution is 9.10. The molecule has 21 heavy (non-hydrogen) atoms. The quantitative estimate of drug-likeness (QED) is 0.696. The molecule has 0 fully saturated rings. The van der Waals surface area contributed by atoms with Gasteiger partial charge in [-0.1, -0.05) is 77.5 Å². The van der Waals surface area contributed by atoms with Crippen molar-refractivity contribution in [1.82, 2.24) is 0 Å². The molecule has 0 amide bonds. The van der Waals surface area contributed by atoms with Crippen LogP contribution in [-0.2, 0) is 6.42 Å². The zero-order valence-electron chi connectivity index (χ0n) is 12.0. The van der Waals surface area contributed by atoms with Crippen LogP contribution in [0.4, 0.5) is 0 Å². The van der Waals surface area contributed by atoms with Crippen LogP contribution < -0.4 is 5.73 Å². The van der Waals surface area contributed by atoms with E-state index in [2.05, 4.69) is 83.5 Å². The van der Waals surface area contributed by atoms with Crippen molar-refractivity contribution in [3.63, 3.8) is 0 Å². The molecular weight excluding hydrogens is 322 g/mol. The first kappa shape index (κ1) is 14.3. The lowest BCUT2D eigenvalue weighted by Gasteiger charge is -2.16. The summed E-state index contributed by atoms with van der Waals surface area (Å²) in [6.07, 6.45) is 1.05. The van der Waals surface area contributed by atoms with Crippen LogP contribution >= 0.6 is 15.9 Å².